The van der Waals surface area contributed by atoms with Crippen LogP contribution in [-0.4, -0.2) is 173 Å². The molecule has 37 heavy (non-hydrogen) atoms. The summed E-state index contributed by atoms with van der Waals surface area (Å²) >= 11 is 0. The van der Waals surface area contributed by atoms with Crippen LogP contribution < -0.4 is 0 Å². The van der Waals surface area contributed by atoms with Crippen LogP contribution in [0.5, 0.6) is 0 Å². The minimum Gasteiger partial charge on any atom is -0.394 e. The van der Waals surface area contributed by atoms with Crippen molar-refractivity contribution >= 4 is 0 Å². The zero-order chi connectivity index (χ0) is 26.9. The second kappa shape index (κ2) is 18.7. The predicted molar refractivity (Wildman–Crippen MR) is 125 cm³/mol. The Bertz CT molecular complexity index is 458. The summed E-state index contributed by atoms with van der Waals surface area (Å²) in [5, 5.41) is 48.0. The van der Waals surface area contributed by atoms with E-state index < -0.39 is 12.2 Å². The van der Waals surface area contributed by atoms with E-state index >= 15 is 0 Å². The Morgan fingerprint density at radius 1 is 0.514 bits per heavy atom. The van der Waals surface area contributed by atoms with Crippen molar-refractivity contribution in [2.75, 3.05) is 106 Å². The Labute approximate surface area is 216 Å². The van der Waals surface area contributed by atoms with E-state index in [1.165, 1.54) is 0 Å². The van der Waals surface area contributed by atoms with Gasteiger partial charge in [0.05, 0.1) is 111 Å². The summed E-state index contributed by atoms with van der Waals surface area (Å²) in [5.74, 6) is 0. The highest BCUT2D eigenvalue weighted by Gasteiger charge is 2.36. The lowest BCUT2D eigenvalue weighted by atomic mass is 9.92. The van der Waals surface area contributed by atoms with Gasteiger partial charge in [0.15, 0.2) is 0 Å². The van der Waals surface area contributed by atoms with E-state index in [4.69, 9.17) is 68.5 Å². The summed E-state index contributed by atoms with van der Waals surface area (Å²) < 4.78 is 44.4. The van der Waals surface area contributed by atoms with Crippen LogP contribution in [-0.2, 0) is 37.9 Å². The van der Waals surface area contributed by atoms with Crippen molar-refractivity contribution in [1.29, 1.82) is 0 Å². The molecule has 0 aliphatic carbocycles. The number of ether oxygens (including phenoxy) is 8. The molecule has 4 aliphatic heterocycles. The van der Waals surface area contributed by atoms with E-state index in [0.29, 0.717) is 52.9 Å². The van der Waals surface area contributed by atoms with E-state index in [2.05, 4.69) is 0 Å². The quantitative estimate of drug-likeness (QED) is 0.0816. The third kappa shape index (κ3) is 17.6. The lowest BCUT2D eigenvalue weighted by Crippen LogP contribution is -2.43. The van der Waals surface area contributed by atoms with Crippen molar-refractivity contribution in [1.82, 2.24) is 0 Å². The second-order valence-corrected chi connectivity index (χ2v) is 9.42. The molecule has 0 radical (unpaired) electrons. The summed E-state index contributed by atoms with van der Waals surface area (Å²) in [5.41, 5.74) is -0.354. The van der Waals surface area contributed by atoms with Crippen LogP contribution in [0.1, 0.15) is 0 Å². The largest absolute Gasteiger partial charge is 0.394 e. The first-order valence-corrected chi connectivity index (χ1v) is 12.5. The monoisotopic (exact) mass is 544 g/mol. The van der Waals surface area contributed by atoms with E-state index in [1.54, 1.807) is 0 Å². The molecule has 0 aromatic carbocycles. The normalized spacial score (nSPS) is 26.6. The molecular formula is C23H44O14. The van der Waals surface area contributed by atoms with E-state index in [1.807, 2.05) is 0 Å². The van der Waals surface area contributed by atoms with Crippen molar-refractivity contribution in [3.05, 3.63) is 0 Å². The first kappa shape index (κ1) is 32.7. The number of hydrogen-bond acceptors (Lipinski definition) is 14. The maximum absolute atomic E-state index is 8.17. The predicted octanol–water partition coefficient (Wildman–Crippen LogP) is -3.70. The molecule has 4 fully saturated rings. The molecule has 4 atom stereocenters. The number of hydrogen-bond donors (Lipinski definition) is 6. The lowest BCUT2D eigenvalue weighted by Gasteiger charge is -2.32. The van der Waals surface area contributed by atoms with Crippen LogP contribution in [0.25, 0.3) is 0 Å². The highest BCUT2D eigenvalue weighted by molar-refractivity contribution is 4.82. The van der Waals surface area contributed by atoms with Gasteiger partial charge in [-0.1, -0.05) is 0 Å². The molecule has 0 aromatic rings. The van der Waals surface area contributed by atoms with Crippen molar-refractivity contribution in [3.63, 3.8) is 0 Å². The molecule has 220 valence electrons. The van der Waals surface area contributed by atoms with E-state index in [0.717, 1.165) is 26.4 Å². The molecule has 4 heterocycles. The first-order valence-electron chi connectivity index (χ1n) is 12.5. The molecule has 4 aliphatic rings. The van der Waals surface area contributed by atoms with Crippen LogP contribution in [0.15, 0.2) is 0 Å². The maximum Gasteiger partial charge on any atom is 0.104 e. The van der Waals surface area contributed by atoms with Gasteiger partial charge in [-0.2, -0.15) is 0 Å². The zero-order valence-corrected chi connectivity index (χ0v) is 21.2. The highest BCUT2D eigenvalue weighted by Crippen LogP contribution is 2.24. The molecular weight excluding hydrogens is 500 g/mol. The summed E-state index contributed by atoms with van der Waals surface area (Å²) in [6, 6.07) is 0. The second-order valence-electron chi connectivity index (χ2n) is 9.42. The Balaban J connectivity index is 0.000000336. The molecule has 0 bridgehead atoms. The van der Waals surface area contributed by atoms with Crippen LogP contribution >= 0.6 is 0 Å². The molecule has 4 rings (SSSR count). The van der Waals surface area contributed by atoms with Crippen LogP contribution in [0.4, 0.5) is 0 Å². The third-order valence-corrected chi connectivity index (χ3v) is 5.30. The average Bonchev–Trinajstić information content (AvgIpc) is 3.74. The van der Waals surface area contributed by atoms with Crippen molar-refractivity contribution in [2.24, 2.45) is 5.41 Å². The highest BCUT2D eigenvalue weighted by atomic mass is 16.6. The Morgan fingerprint density at radius 3 is 0.865 bits per heavy atom. The maximum atomic E-state index is 8.17. The molecule has 0 spiro atoms. The number of aliphatic hydroxyl groups excluding tert-OH is 6. The molecule has 14 heteroatoms. The SMILES string of the molecule is C(OCC(COCC1CO1)(COCC1CO1)COCC1CO1)C1CO1.OCC(O)CO.OCC(O)CO. The molecule has 14 nitrogen and oxygen atoms in total. The molecule has 4 unspecified atom stereocenters. The van der Waals surface area contributed by atoms with Gasteiger partial charge in [-0.05, 0) is 0 Å². The number of aliphatic hydroxyl groups is 6. The van der Waals surface area contributed by atoms with Gasteiger partial charge in [-0.3, -0.25) is 0 Å². The van der Waals surface area contributed by atoms with Gasteiger partial charge >= 0.3 is 0 Å². The zero-order valence-electron chi connectivity index (χ0n) is 21.2. The first-order chi connectivity index (χ1) is 17.9. The molecule has 0 aromatic heterocycles. The van der Waals surface area contributed by atoms with Crippen molar-refractivity contribution in [3.8, 4) is 0 Å². The third-order valence-electron chi connectivity index (χ3n) is 5.30. The number of rotatable bonds is 20. The molecule has 6 N–H and O–H groups in total. The fourth-order valence-electron chi connectivity index (χ4n) is 2.65. The average molecular weight is 545 g/mol. The van der Waals surface area contributed by atoms with Crippen LogP contribution in [0.3, 0.4) is 0 Å². The number of epoxide rings is 4. The fourth-order valence-corrected chi connectivity index (χ4v) is 2.65. The van der Waals surface area contributed by atoms with Gasteiger partial charge < -0.3 is 68.5 Å². The van der Waals surface area contributed by atoms with Crippen molar-refractivity contribution in [2.45, 2.75) is 36.6 Å². The lowest BCUT2D eigenvalue weighted by molar-refractivity contribution is -0.111. The summed E-state index contributed by atoms with van der Waals surface area (Å²) in [4.78, 5) is 0. The molecule has 4 saturated heterocycles. The van der Waals surface area contributed by atoms with E-state index in [9.17, 15) is 0 Å². The van der Waals surface area contributed by atoms with E-state index in [-0.39, 0.29) is 56.3 Å². The van der Waals surface area contributed by atoms with Gasteiger partial charge in [0.2, 0.25) is 0 Å². The van der Waals surface area contributed by atoms with Gasteiger partial charge in [-0.25, -0.2) is 0 Å². The van der Waals surface area contributed by atoms with Gasteiger partial charge in [0, 0.05) is 0 Å². The van der Waals surface area contributed by atoms with Crippen molar-refractivity contribution < 1.29 is 68.5 Å². The van der Waals surface area contributed by atoms with Gasteiger partial charge in [0.25, 0.3) is 0 Å². The Morgan fingerprint density at radius 2 is 0.730 bits per heavy atom. The topological polar surface area (TPSA) is 208 Å². The summed E-state index contributed by atoms with van der Waals surface area (Å²) in [6.07, 6.45) is -0.963. The van der Waals surface area contributed by atoms with Crippen LogP contribution in [0, 0.1) is 5.41 Å². The Hall–Kier alpha value is -0.560. The fraction of sp³-hybridized carbons (Fsp3) is 1.00. The molecule has 0 amide bonds. The van der Waals surface area contributed by atoms with Crippen LogP contribution in [0.2, 0.25) is 0 Å². The standard InChI is InChI=1S/C17H28O8.2C3H8O3/c1(13-5-22-13)18-9-17(10-19-2-14-6-23-14,11-20-3-15-7-24-15)12-21-4-16-8-25-16;2*4-1-3(6)2-5/h13-16H,1-12H2;2*3-6H,1-2H2. The smallest absolute Gasteiger partial charge is 0.104 e. The summed E-state index contributed by atoms with van der Waals surface area (Å²) in [7, 11) is 0. The minimum atomic E-state index is -0.954. The molecule has 0 saturated carbocycles. The van der Waals surface area contributed by atoms with Gasteiger partial charge in [0.1, 0.15) is 36.6 Å². The minimum absolute atomic E-state index is 0.236. The summed E-state index contributed by atoms with van der Waals surface area (Å²) in [6.45, 7) is 6.13. The van der Waals surface area contributed by atoms with Gasteiger partial charge in [-0.15, -0.1) is 0 Å². The Kier molecular flexibility index (Phi) is 16.5.